The minimum atomic E-state index is 0.732. The van der Waals surface area contributed by atoms with Crippen LogP contribution < -0.4 is 5.32 Å². The van der Waals surface area contributed by atoms with Crippen LogP contribution in [-0.2, 0) is 20.1 Å². The number of nitrogens with zero attached hydrogens (tertiary/aromatic N) is 5. The number of thiazole rings is 1. The highest BCUT2D eigenvalue weighted by atomic mass is 32.1. The van der Waals surface area contributed by atoms with Crippen LogP contribution in [0.15, 0.2) is 48.5 Å². The summed E-state index contributed by atoms with van der Waals surface area (Å²) >= 11 is 1.64. The number of hydrogen-bond acceptors (Lipinski definition) is 5. The number of aromatic nitrogens is 5. The Morgan fingerprint density at radius 2 is 2.22 bits per heavy atom. The fraction of sp³-hybridized carbons (Fsp3) is 0.188. The highest BCUT2D eigenvalue weighted by Crippen LogP contribution is 2.20. The third-order valence-corrected chi connectivity index (χ3v) is 4.37. The molecule has 0 atom stereocenters. The summed E-state index contributed by atoms with van der Waals surface area (Å²) < 4.78 is 3.89. The van der Waals surface area contributed by atoms with E-state index in [-0.39, 0.29) is 0 Å². The zero-order chi connectivity index (χ0) is 15.6. The average molecular weight is 324 g/mol. The third-order valence-electron chi connectivity index (χ3n) is 3.60. The Kier molecular flexibility index (Phi) is 3.64. The predicted octanol–water partition coefficient (Wildman–Crippen LogP) is 2.48. The van der Waals surface area contributed by atoms with Crippen LogP contribution in [0.1, 0.15) is 11.3 Å². The van der Waals surface area contributed by atoms with Crippen molar-refractivity contribution in [2.75, 3.05) is 0 Å². The molecule has 116 valence electrons. The second-order valence-electron chi connectivity index (χ2n) is 5.35. The molecule has 0 aliphatic heterocycles. The van der Waals surface area contributed by atoms with Crippen LogP contribution >= 0.6 is 11.3 Å². The fourth-order valence-corrected chi connectivity index (χ4v) is 3.32. The van der Waals surface area contributed by atoms with Gasteiger partial charge < -0.3 is 5.32 Å². The van der Waals surface area contributed by atoms with Crippen molar-refractivity contribution in [1.29, 1.82) is 0 Å². The maximum Gasteiger partial charge on any atom is 0.193 e. The van der Waals surface area contributed by atoms with Gasteiger partial charge in [0, 0.05) is 67.6 Å². The lowest BCUT2D eigenvalue weighted by atomic mass is 10.1. The fourth-order valence-electron chi connectivity index (χ4n) is 2.60. The van der Waals surface area contributed by atoms with E-state index in [0.717, 1.165) is 40.6 Å². The summed E-state index contributed by atoms with van der Waals surface area (Å²) in [5, 5.41) is 10.0. The van der Waals surface area contributed by atoms with Gasteiger partial charge in [-0.3, -0.25) is 14.1 Å². The van der Waals surface area contributed by atoms with E-state index in [1.165, 1.54) is 0 Å². The zero-order valence-electron chi connectivity index (χ0n) is 12.7. The van der Waals surface area contributed by atoms with Crippen molar-refractivity contribution in [2.45, 2.75) is 13.1 Å². The average Bonchev–Trinajstić information content (AvgIpc) is 3.23. The summed E-state index contributed by atoms with van der Waals surface area (Å²) in [4.78, 5) is 9.78. The van der Waals surface area contributed by atoms with Gasteiger partial charge in [-0.2, -0.15) is 5.10 Å². The van der Waals surface area contributed by atoms with E-state index in [9.17, 15) is 0 Å². The molecule has 0 saturated heterocycles. The molecule has 4 heterocycles. The molecule has 0 aromatic carbocycles. The zero-order valence-corrected chi connectivity index (χ0v) is 13.5. The molecule has 1 N–H and O–H groups in total. The topological polar surface area (TPSA) is 60.0 Å². The van der Waals surface area contributed by atoms with E-state index in [0.29, 0.717) is 0 Å². The molecule has 0 bridgehead atoms. The Balaban J connectivity index is 1.47. The highest BCUT2D eigenvalue weighted by molar-refractivity contribution is 7.15. The van der Waals surface area contributed by atoms with Crippen molar-refractivity contribution >= 4 is 16.3 Å². The molecule has 4 rings (SSSR count). The van der Waals surface area contributed by atoms with Crippen LogP contribution in [0.4, 0.5) is 0 Å². The highest BCUT2D eigenvalue weighted by Gasteiger charge is 2.10. The van der Waals surface area contributed by atoms with Gasteiger partial charge in [0.15, 0.2) is 4.96 Å². The van der Waals surface area contributed by atoms with Crippen LogP contribution in [0, 0.1) is 0 Å². The van der Waals surface area contributed by atoms with Crippen molar-refractivity contribution < 1.29 is 0 Å². The largest absolute Gasteiger partial charge is 0.307 e. The minimum Gasteiger partial charge on any atom is -0.307 e. The van der Waals surface area contributed by atoms with Gasteiger partial charge >= 0.3 is 0 Å². The van der Waals surface area contributed by atoms with Crippen LogP contribution in [0.25, 0.3) is 16.2 Å². The first-order valence-corrected chi connectivity index (χ1v) is 8.22. The van der Waals surface area contributed by atoms with Crippen LogP contribution in [0.2, 0.25) is 0 Å². The van der Waals surface area contributed by atoms with Crippen molar-refractivity contribution in [3.05, 3.63) is 59.8 Å². The smallest absolute Gasteiger partial charge is 0.193 e. The van der Waals surface area contributed by atoms with Gasteiger partial charge in [0.05, 0.1) is 11.4 Å². The standard InChI is InChI=1S/C16H16N6S/c1-21-10-13(15(20-21)12-3-2-4-17-7-12)8-18-9-14-11-22-5-6-23-16(22)19-14/h2-7,10-11,18H,8-9H2,1H3. The number of imidazole rings is 1. The molecule has 6 nitrogen and oxygen atoms in total. The maximum atomic E-state index is 4.58. The summed E-state index contributed by atoms with van der Waals surface area (Å²) in [7, 11) is 1.94. The lowest BCUT2D eigenvalue weighted by Gasteiger charge is -2.03. The number of aryl methyl sites for hydroxylation is 1. The Morgan fingerprint density at radius 1 is 1.26 bits per heavy atom. The molecule has 23 heavy (non-hydrogen) atoms. The van der Waals surface area contributed by atoms with Crippen molar-refractivity contribution in [1.82, 2.24) is 29.5 Å². The molecule has 0 amide bonds. The van der Waals surface area contributed by atoms with E-state index in [4.69, 9.17) is 0 Å². The summed E-state index contributed by atoms with van der Waals surface area (Å²) in [6, 6.07) is 3.96. The number of nitrogens with one attached hydrogen (secondary N) is 1. The Labute approximate surface area is 137 Å². The number of fused-ring (bicyclic) bond motifs is 1. The maximum absolute atomic E-state index is 4.58. The molecule has 0 aliphatic rings. The van der Waals surface area contributed by atoms with Crippen molar-refractivity contribution in [3.8, 4) is 11.3 Å². The molecular weight excluding hydrogens is 308 g/mol. The first-order chi connectivity index (χ1) is 11.3. The normalized spacial score (nSPS) is 11.3. The summed E-state index contributed by atoms with van der Waals surface area (Å²) in [5.41, 5.74) is 4.21. The number of pyridine rings is 1. The first kappa shape index (κ1) is 14.1. The minimum absolute atomic E-state index is 0.732. The molecule has 4 aromatic heterocycles. The molecule has 0 spiro atoms. The van der Waals surface area contributed by atoms with E-state index >= 15 is 0 Å². The third kappa shape index (κ3) is 2.88. The molecule has 0 aliphatic carbocycles. The van der Waals surface area contributed by atoms with Gasteiger partial charge in [-0.25, -0.2) is 4.98 Å². The Bertz CT molecular complexity index is 892. The summed E-state index contributed by atoms with van der Waals surface area (Å²) in [6.45, 7) is 1.47. The molecule has 0 fully saturated rings. The van der Waals surface area contributed by atoms with Gasteiger partial charge in [-0.05, 0) is 12.1 Å². The van der Waals surface area contributed by atoms with Gasteiger partial charge in [-0.15, -0.1) is 11.3 Å². The number of hydrogen-bond donors (Lipinski definition) is 1. The second-order valence-corrected chi connectivity index (χ2v) is 6.22. The molecule has 0 unspecified atom stereocenters. The lowest BCUT2D eigenvalue weighted by molar-refractivity contribution is 0.682. The summed E-state index contributed by atoms with van der Waals surface area (Å²) in [6.07, 6.45) is 9.74. The quantitative estimate of drug-likeness (QED) is 0.613. The Hall–Kier alpha value is -2.51. The monoisotopic (exact) mass is 324 g/mol. The van der Waals surface area contributed by atoms with E-state index in [1.807, 2.05) is 52.2 Å². The predicted molar refractivity (Wildman–Crippen MR) is 90.1 cm³/mol. The SMILES string of the molecule is Cn1cc(CNCc2cn3ccsc3n2)c(-c2cccnc2)n1. The summed E-state index contributed by atoms with van der Waals surface area (Å²) in [5.74, 6) is 0. The van der Waals surface area contributed by atoms with Gasteiger partial charge in [0.1, 0.15) is 0 Å². The van der Waals surface area contributed by atoms with E-state index in [1.54, 1.807) is 17.5 Å². The lowest BCUT2D eigenvalue weighted by Crippen LogP contribution is -2.13. The van der Waals surface area contributed by atoms with E-state index in [2.05, 4.69) is 26.6 Å². The van der Waals surface area contributed by atoms with Crippen LogP contribution in [0.5, 0.6) is 0 Å². The first-order valence-electron chi connectivity index (χ1n) is 7.34. The van der Waals surface area contributed by atoms with Crippen molar-refractivity contribution in [3.63, 3.8) is 0 Å². The number of rotatable bonds is 5. The van der Waals surface area contributed by atoms with E-state index < -0.39 is 0 Å². The molecule has 0 saturated carbocycles. The van der Waals surface area contributed by atoms with Gasteiger partial charge in [0.25, 0.3) is 0 Å². The van der Waals surface area contributed by atoms with Crippen LogP contribution in [0.3, 0.4) is 0 Å². The molecule has 7 heteroatoms. The Morgan fingerprint density at radius 3 is 3.04 bits per heavy atom. The van der Waals surface area contributed by atoms with Crippen LogP contribution in [-0.4, -0.2) is 24.1 Å². The molecule has 0 radical (unpaired) electrons. The van der Waals surface area contributed by atoms with Gasteiger partial charge in [0.2, 0.25) is 0 Å². The molecular formula is C16H16N6S. The van der Waals surface area contributed by atoms with Crippen molar-refractivity contribution in [2.24, 2.45) is 7.05 Å². The molecule has 4 aromatic rings. The van der Waals surface area contributed by atoms with Gasteiger partial charge in [-0.1, -0.05) is 0 Å². The second kappa shape index (κ2) is 5.94.